The van der Waals surface area contributed by atoms with E-state index in [1.807, 2.05) is 0 Å². The molecule has 29 heavy (non-hydrogen) atoms. The summed E-state index contributed by atoms with van der Waals surface area (Å²) in [4.78, 5) is 48.3. The van der Waals surface area contributed by atoms with Crippen molar-refractivity contribution < 1.29 is 28.4 Å². The Morgan fingerprint density at radius 3 is 2.79 bits per heavy atom. The molecule has 0 saturated carbocycles. The molecule has 1 saturated heterocycles. The fraction of sp³-hybridized carbons (Fsp3) is 0.278. The van der Waals surface area contributed by atoms with E-state index in [-0.39, 0.29) is 29.4 Å². The second-order valence-electron chi connectivity index (χ2n) is 6.30. The van der Waals surface area contributed by atoms with E-state index >= 15 is 0 Å². The third kappa shape index (κ3) is 5.11. The first-order valence-electron chi connectivity index (χ1n) is 8.59. The minimum absolute atomic E-state index is 0.0715. The molecule has 3 amide bonds. The number of nitrogens with one attached hydrogen (secondary N) is 2. The minimum Gasteiger partial charge on any atom is -0.455 e. The molecular weight excluding hydrogens is 404 g/mol. The van der Waals surface area contributed by atoms with Crippen molar-refractivity contribution in [2.24, 2.45) is 5.92 Å². The molecule has 10 nitrogen and oxygen atoms in total. The third-order valence-corrected chi connectivity index (χ3v) is 4.38. The lowest BCUT2D eigenvalue weighted by molar-refractivity contribution is -0.151. The molecule has 0 radical (unpaired) electrons. The topological polar surface area (TPSA) is 131 Å². The summed E-state index contributed by atoms with van der Waals surface area (Å²) in [6, 6.07) is 7.88. The highest BCUT2D eigenvalue weighted by atomic mass is 35.5. The maximum absolute atomic E-state index is 12.3. The number of carbonyl (C=O) groups excluding carboxylic acids is 4. The Bertz CT molecular complexity index is 959. The van der Waals surface area contributed by atoms with E-state index in [0.717, 1.165) is 5.01 Å². The molecule has 0 aliphatic carbocycles. The van der Waals surface area contributed by atoms with Gasteiger partial charge in [-0.25, -0.2) is 0 Å². The Kier molecular flexibility index (Phi) is 6.13. The van der Waals surface area contributed by atoms with Crippen molar-refractivity contribution in [1.82, 2.24) is 15.6 Å². The summed E-state index contributed by atoms with van der Waals surface area (Å²) >= 11 is 5.96. The molecule has 0 bridgehead atoms. The zero-order chi connectivity index (χ0) is 21.0. The van der Waals surface area contributed by atoms with Gasteiger partial charge in [-0.2, -0.15) is 0 Å². The molecule has 152 valence electrons. The molecule has 1 atom stereocenters. The molecule has 11 heteroatoms. The van der Waals surface area contributed by atoms with Crippen LogP contribution < -0.4 is 10.7 Å². The number of amides is 3. The van der Waals surface area contributed by atoms with Crippen LogP contribution in [0.5, 0.6) is 0 Å². The van der Waals surface area contributed by atoms with Gasteiger partial charge in [0.25, 0.3) is 11.8 Å². The average Bonchev–Trinajstić information content (AvgIpc) is 3.25. The largest absolute Gasteiger partial charge is 0.455 e. The summed E-state index contributed by atoms with van der Waals surface area (Å²) in [6.45, 7) is 1.05. The number of aryl methyl sites for hydroxylation is 1. The van der Waals surface area contributed by atoms with Crippen LogP contribution in [0.1, 0.15) is 22.5 Å². The molecular formula is C18H17ClN4O6. The highest BCUT2D eigenvalue weighted by Gasteiger charge is 2.37. The Morgan fingerprint density at radius 2 is 2.10 bits per heavy atom. The van der Waals surface area contributed by atoms with Crippen LogP contribution in [0.4, 0.5) is 5.82 Å². The first-order valence-corrected chi connectivity index (χ1v) is 8.97. The number of hydrazine groups is 1. The van der Waals surface area contributed by atoms with Crippen LogP contribution in [-0.2, 0) is 19.1 Å². The minimum atomic E-state index is -0.809. The van der Waals surface area contributed by atoms with Crippen LogP contribution in [0.25, 0.3) is 0 Å². The van der Waals surface area contributed by atoms with Gasteiger partial charge in [-0.05, 0) is 19.1 Å². The van der Waals surface area contributed by atoms with Gasteiger partial charge in [0.1, 0.15) is 5.76 Å². The van der Waals surface area contributed by atoms with E-state index in [4.69, 9.17) is 20.9 Å². The summed E-state index contributed by atoms with van der Waals surface area (Å²) in [6.07, 6.45) is -0.147. The van der Waals surface area contributed by atoms with Crippen molar-refractivity contribution in [1.29, 1.82) is 0 Å². The van der Waals surface area contributed by atoms with Crippen molar-refractivity contribution in [3.63, 3.8) is 0 Å². The Hall–Kier alpha value is -3.40. The molecule has 0 unspecified atom stereocenters. The van der Waals surface area contributed by atoms with Gasteiger partial charge in [-0.15, -0.1) is 0 Å². The molecule has 1 aliphatic heterocycles. The Morgan fingerprint density at radius 1 is 1.34 bits per heavy atom. The predicted octanol–water partition coefficient (Wildman–Crippen LogP) is 1.31. The zero-order valence-corrected chi connectivity index (χ0v) is 16.1. The van der Waals surface area contributed by atoms with Crippen molar-refractivity contribution >= 4 is 41.1 Å². The lowest BCUT2D eigenvalue weighted by Crippen LogP contribution is -2.43. The molecule has 0 spiro atoms. The van der Waals surface area contributed by atoms with Crippen molar-refractivity contribution in [2.75, 3.05) is 18.5 Å². The lowest BCUT2D eigenvalue weighted by atomic mass is 10.1. The van der Waals surface area contributed by atoms with E-state index in [9.17, 15) is 19.2 Å². The number of ether oxygens (including phenoxy) is 1. The molecule has 1 aromatic carbocycles. The van der Waals surface area contributed by atoms with Crippen LogP contribution in [0.2, 0.25) is 5.02 Å². The summed E-state index contributed by atoms with van der Waals surface area (Å²) in [5.41, 5.74) is 2.63. The van der Waals surface area contributed by atoms with Crippen LogP contribution in [0, 0.1) is 12.8 Å². The number of esters is 1. The summed E-state index contributed by atoms with van der Waals surface area (Å²) in [5.74, 6) is -2.43. The van der Waals surface area contributed by atoms with Gasteiger partial charge in [-0.1, -0.05) is 28.9 Å². The first kappa shape index (κ1) is 20.3. The number of rotatable bonds is 6. The third-order valence-electron chi connectivity index (χ3n) is 4.05. The van der Waals surface area contributed by atoms with E-state index in [1.165, 1.54) is 12.1 Å². The summed E-state index contributed by atoms with van der Waals surface area (Å²) < 4.78 is 9.76. The fourth-order valence-corrected chi connectivity index (χ4v) is 2.88. The number of anilines is 1. The predicted molar refractivity (Wildman–Crippen MR) is 99.6 cm³/mol. The number of hydrogen-bond acceptors (Lipinski definition) is 7. The Labute approximate surface area is 170 Å². The highest BCUT2D eigenvalue weighted by Crippen LogP contribution is 2.19. The van der Waals surface area contributed by atoms with Gasteiger partial charge in [-0.3, -0.25) is 29.6 Å². The van der Waals surface area contributed by atoms with Crippen molar-refractivity contribution in [3.05, 3.63) is 46.7 Å². The van der Waals surface area contributed by atoms with Gasteiger partial charge in [0.15, 0.2) is 12.4 Å². The number of halogens is 1. The van der Waals surface area contributed by atoms with E-state index in [2.05, 4.69) is 15.9 Å². The first-order chi connectivity index (χ1) is 13.8. The lowest BCUT2D eigenvalue weighted by Gasteiger charge is -2.18. The number of carbonyl (C=O) groups is 4. The average molecular weight is 421 g/mol. The van der Waals surface area contributed by atoms with Crippen molar-refractivity contribution in [2.45, 2.75) is 13.3 Å². The number of hydrogen-bond donors (Lipinski definition) is 2. The van der Waals surface area contributed by atoms with Crippen LogP contribution in [-0.4, -0.2) is 47.0 Å². The second-order valence-corrected chi connectivity index (χ2v) is 6.71. The number of aromatic nitrogens is 1. The zero-order valence-electron chi connectivity index (χ0n) is 15.3. The second kappa shape index (κ2) is 8.74. The molecule has 2 heterocycles. The molecule has 1 aromatic heterocycles. The quantitative estimate of drug-likeness (QED) is 0.673. The molecule has 2 aromatic rings. The number of benzene rings is 1. The molecule has 1 aliphatic rings. The monoisotopic (exact) mass is 420 g/mol. The van der Waals surface area contributed by atoms with E-state index < -0.39 is 36.2 Å². The smallest absolute Gasteiger partial charge is 0.311 e. The van der Waals surface area contributed by atoms with E-state index in [0.29, 0.717) is 5.76 Å². The van der Waals surface area contributed by atoms with Gasteiger partial charge in [0, 0.05) is 12.5 Å². The fourth-order valence-electron chi connectivity index (χ4n) is 2.66. The molecule has 3 rings (SSSR count). The SMILES string of the molecule is Cc1cc(NC(=O)COC(=O)[C@@H]2CC(=O)N(NC(=O)c3ccccc3Cl)C2)no1. The van der Waals surface area contributed by atoms with Crippen LogP contribution in [0.15, 0.2) is 34.9 Å². The Balaban J connectivity index is 1.49. The van der Waals surface area contributed by atoms with Gasteiger partial charge in [0.2, 0.25) is 5.91 Å². The maximum atomic E-state index is 12.3. The van der Waals surface area contributed by atoms with Gasteiger partial charge in [0.05, 0.1) is 23.0 Å². The van der Waals surface area contributed by atoms with Gasteiger partial charge < -0.3 is 14.6 Å². The van der Waals surface area contributed by atoms with E-state index in [1.54, 1.807) is 25.1 Å². The van der Waals surface area contributed by atoms with Crippen molar-refractivity contribution in [3.8, 4) is 0 Å². The summed E-state index contributed by atoms with van der Waals surface area (Å²) in [5, 5.41) is 7.27. The highest BCUT2D eigenvalue weighted by molar-refractivity contribution is 6.33. The van der Waals surface area contributed by atoms with Crippen LogP contribution >= 0.6 is 11.6 Å². The van der Waals surface area contributed by atoms with Crippen LogP contribution in [0.3, 0.4) is 0 Å². The molecule has 1 fully saturated rings. The summed E-state index contributed by atoms with van der Waals surface area (Å²) in [7, 11) is 0. The molecule has 2 N–H and O–H groups in total. The maximum Gasteiger partial charge on any atom is 0.311 e. The van der Waals surface area contributed by atoms with Gasteiger partial charge >= 0.3 is 5.97 Å². The standard InChI is InChI=1S/C18H17ClN4O6/c1-10-6-14(22-29-10)20-15(24)9-28-18(27)11-7-16(25)23(8-11)21-17(26)12-4-2-3-5-13(12)19/h2-6,11H,7-9H2,1H3,(H,21,26)(H,20,22,24)/t11-/m1/s1. The normalized spacial score (nSPS) is 15.9. The number of nitrogens with zero attached hydrogens (tertiary/aromatic N) is 2.